The molecule has 0 bridgehead atoms. The van der Waals surface area contributed by atoms with Gasteiger partial charge < -0.3 is 15.8 Å². The molecule has 142 valence electrons. The van der Waals surface area contributed by atoms with Crippen molar-refractivity contribution in [2.45, 2.75) is 37.8 Å². The Kier molecular flexibility index (Phi) is 4.24. The summed E-state index contributed by atoms with van der Waals surface area (Å²) in [5.41, 5.74) is 11.2. The molecule has 1 amide bonds. The number of hydrogen-bond acceptors (Lipinski definition) is 4. The molecule has 2 atom stereocenters. The zero-order valence-corrected chi connectivity index (χ0v) is 15.7. The Morgan fingerprint density at radius 1 is 1.14 bits per heavy atom. The molecular weight excluding hydrogens is 350 g/mol. The summed E-state index contributed by atoms with van der Waals surface area (Å²) in [4.78, 5) is 16.5. The lowest BCUT2D eigenvalue weighted by molar-refractivity contribution is -0.119. The Morgan fingerprint density at radius 3 is 2.79 bits per heavy atom. The maximum absolute atomic E-state index is 11.5. The van der Waals surface area contributed by atoms with Gasteiger partial charge in [0, 0.05) is 30.0 Å². The van der Waals surface area contributed by atoms with E-state index in [0.717, 1.165) is 40.8 Å². The quantitative estimate of drug-likeness (QED) is 0.737. The smallest absolute Gasteiger partial charge is 0.234 e. The topological polar surface area (TPSA) is 77.2 Å². The number of primary amides is 1. The zero-order valence-electron chi connectivity index (χ0n) is 15.7. The summed E-state index contributed by atoms with van der Waals surface area (Å²) in [5, 5.41) is 4.19. The molecular formula is C23H23N3O2. The van der Waals surface area contributed by atoms with Crippen LogP contribution in [0.15, 0.2) is 48.5 Å². The van der Waals surface area contributed by atoms with Gasteiger partial charge in [0.25, 0.3) is 0 Å². The van der Waals surface area contributed by atoms with E-state index in [1.807, 2.05) is 24.3 Å². The van der Waals surface area contributed by atoms with Gasteiger partial charge >= 0.3 is 0 Å². The van der Waals surface area contributed by atoms with Gasteiger partial charge in [0.2, 0.25) is 5.91 Å². The number of hydrogen-bond donors (Lipinski definition) is 2. The molecule has 28 heavy (non-hydrogen) atoms. The fourth-order valence-electron chi connectivity index (χ4n) is 4.37. The molecule has 1 saturated heterocycles. The number of nitrogens with two attached hydrogens (primary N) is 1. The van der Waals surface area contributed by atoms with Crippen LogP contribution in [0.5, 0.6) is 5.75 Å². The maximum atomic E-state index is 11.5. The van der Waals surface area contributed by atoms with E-state index in [1.54, 1.807) is 0 Å². The van der Waals surface area contributed by atoms with Crippen molar-refractivity contribution in [1.29, 1.82) is 0 Å². The summed E-state index contributed by atoms with van der Waals surface area (Å²) >= 11 is 0. The van der Waals surface area contributed by atoms with Crippen LogP contribution in [-0.4, -0.2) is 29.6 Å². The molecule has 0 saturated carbocycles. The van der Waals surface area contributed by atoms with E-state index in [-0.39, 0.29) is 18.1 Å². The molecule has 0 radical (unpaired) electrons. The fraction of sp³-hybridized carbons (Fsp3) is 0.304. The van der Waals surface area contributed by atoms with Crippen LogP contribution in [0, 0.1) is 0 Å². The Morgan fingerprint density at radius 2 is 2.00 bits per heavy atom. The number of carbonyl (C=O) groups excluding carboxylic acids is 1. The van der Waals surface area contributed by atoms with Gasteiger partial charge in [-0.25, -0.2) is 4.98 Å². The highest BCUT2D eigenvalue weighted by molar-refractivity contribution is 5.91. The third-order valence-corrected chi connectivity index (χ3v) is 5.82. The largest absolute Gasteiger partial charge is 0.488 e. The summed E-state index contributed by atoms with van der Waals surface area (Å²) in [7, 11) is 0. The predicted octanol–water partition coefficient (Wildman–Crippen LogP) is 2.99. The number of nitrogens with zero attached hydrogens (tertiary/aromatic N) is 1. The summed E-state index contributed by atoms with van der Waals surface area (Å²) in [6.45, 7) is 0.614. The number of carbonyl (C=O) groups is 1. The van der Waals surface area contributed by atoms with Crippen molar-refractivity contribution in [3.05, 3.63) is 59.7 Å². The van der Waals surface area contributed by atoms with Crippen LogP contribution < -0.4 is 15.8 Å². The molecule has 3 N–H and O–H groups in total. The van der Waals surface area contributed by atoms with Gasteiger partial charge in [-0.1, -0.05) is 36.4 Å². The van der Waals surface area contributed by atoms with Crippen LogP contribution >= 0.6 is 0 Å². The molecule has 2 aromatic carbocycles. The lowest BCUT2D eigenvalue weighted by Crippen LogP contribution is -2.36. The number of pyridine rings is 1. The first kappa shape index (κ1) is 17.2. The fourth-order valence-corrected chi connectivity index (χ4v) is 4.37. The highest BCUT2D eigenvalue weighted by Gasteiger charge is 2.30. The first-order chi connectivity index (χ1) is 13.7. The second-order valence-corrected chi connectivity index (χ2v) is 7.66. The van der Waals surface area contributed by atoms with Crippen molar-refractivity contribution in [3.63, 3.8) is 0 Å². The molecule has 2 unspecified atom stereocenters. The van der Waals surface area contributed by atoms with Crippen LogP contribution in [0.1, 0.15) is 24.0 Å². The minimum Gasteiger partial charge on any atom is -0.488 e. The molecule has 2 heterocycles. The number of fused-ring (bicyclic) bond motifs is 3. The number of amides is 1. The predicted molar refractivity (Wildman–Crippen MR) is 109 cm³/mol. The maximum Gasteiger partial charge on any atom is 0.234 e. The summed E-state index contributed by atoms with van der Waals surface area (Å²) in [6.07, 6.45) is 3.86. The van der Waals surface area contributed by atoms with Gasteiger partial charge in [-0.3, -0.25) is 4.79 Å². The highest BCUT2D eigenvalue weighted by atomic mass is 16.5. The third kappa shape index (κ3) is 3.02. The lowest BCUT2D eigenvalue weighted by Gasteiger charge is -2.17. The number of nitrogens with one attached hydrogen (secondary N) is 1. The second kappa shape index (κ2) is 6.91. The van der Waals surface area contributed by atoms with E-state index in [0.29, 0.717) is 13.0 Å². The molecule has 1 aliphatic carbocycles. The Hall–Kier alpha value is -2.92. The van der Waals surface area contributed by atoms with E-state index in [9.17, 15) is 4.79 Å². The monoisotopic (exact) mass is 373 g/mol. The summed E-state index contributed by atoms with van der Waals surface area (Å²) in [5.74, 6) is 0.504. The van der Waals surface area contributed by atoms with Crippen molar-refractivity contribution in [2.24, 2.45) is 5.73 Å². The van der Waals surface area contributed by atoms with Gasteiger partial charge in [-0.05, 0) is 36.5 Å². The number of aromatic nitrogens is 1. The molecule has 0 spiro atoms. The Balaban J connectivity index is 1.60. The van der Waals surface area contributed by atoms with E-state index < -0.39 is 0 Å². The standard InChI is InChI=1S/C23H23N3O2/c24-23(27)20-11-16(13-25-20)28-21-12-19(15-5-2-1-3-6-15)26-22-17-8-4-7-14(17)9-10-18(21)22/h1-3,5-6,9-10,12,16,20,25H,4,7-8,11,13H2,(H2,24,27). The molecule has 2 aliphatic rings. The summed E-state index contributed by atoms with van der Waals surface area (Å²) < 4.78 is 6.38. The number of ether oxygens (including phenoxy) is 1. The van der Waals surface area contributed by atoms with E-state index in [4.69, 9.17) is 15.5 Å². The van der Waals surface area contributed by atoms with Crippen LogP contribution in [0.4, 0.5) is 0 Å². The van der Waals surface area contributed by atoms with Crippen LogP contribution in [0.3, 0.4) is 0 Å². The first-order valence-electron chi connectivity index (χ1n) is 9.89. The lowest BCUT2D eigenvalue weighted by atomic mass is 10.0. The van der Waals surface area contributed by atoms with Crippen molar-refractivity contribution in [2.75, 3.05) is 6.54 Å². The highest BCUT2D eigenvalue weighted by Crippen LogP contribution is 2.37. The van der Waals surface area contributed by atoms with Gasteiger partial charge in [0.1, 0.15) is 11.9 Å². The minimum absolute atomic E-state index is 0.0834. The van der Waals surface area contributed by atoms with Crippen molar-refractivity contribution >= 4 is 16.8 Å². The normalized spacial score (nSPS) is 21.0. The number of rotatable bonds is 4. The molecule has 5 rings (SSSR count). The van der Waals surface area contributed by atoms with Gasteiger partial charge in [0.15, 0.2) is 0 Å². The average molecular weight is 373 g/mol. The van der Waals surface area contributed by atoms with Crippen molar-refractivity contribution < 1.29 is 9.53 Å². The molecule has 1 aromatic heterocycles. The van der Waals surface area contributed by atoms with Crippen LogP contribution in [-0.2, 0) is 17.6 Å². The molecule has 5 heteroatoms. The van der Waals surface area contributed by atoms with Crippen LogP contribution in [0.2, 0.25) is 0 Å². The zero-order chi connectivity index (χ0) is 19.1. The van der Waals surface area contributed by atoms with Crippen LogP contribution in [0.25, 0.3) is 22.2 Å². The van der Waals surface area contributed by atoms with E-state index in [1.165, 1.54) is 17.5 Å². The molecule has 3 aromatic rings. The average Bonchev–Trinajstić information content (AvgIpc) is 3.38. The van der Waals surface area contributed by atoms with Gasteiger partial charge in [-0.2, -0.15) is 0 Å². The summed E-state index contributed by atoms with van der Waals surface area (Å²) in [6, 6.07) is 16.2. The second-order valence-electron chi connectivity index (χ2n) is 7.66. The Labute approximate surface area is 163 Å². The minimum atomic E-state index is -0.325. The van der Waals surface area contributed by atoms with Crippen molar-refractivity contribution in [1.82, 2.24) is 10.3 Å². The number of aryl methyl sites for hydroxylation is 2. The first-order valence-corrected chi connectivity index (χ1v) is 9.89. The van der Waals surface area contributed by atoms with E-state index >= 15 is 0 Å². The third-order valence-electron chi connectivity index (χ3n) is 5.82. The SMILES string of the molecule is NC(=O)C1CC(Oc2cc(-c3ccccc3)nc3c4c(ccc23)CCC4)CN1. The van der Waals surface area contributed by atoms with Gasteiger partial charge in [-0.15, -0.1) is 0 Å². The van der Waals surface area contributed by atoms with Gasteiger partial charge in [0.05, 0.1) is 17.3 Å². The number of benzene rings is 2. The molecule has 1 aliphatic heterocycles. The van der Waals surface area contributed by atoms with Crippen molar-refractivity contribution in [3.8, 4) is 17.0 Å². The molecule has 5 nitrogen and oxygen atoms in total. The molecule has 1 fully saturated rings. The Bertz CT molecular complexity index is 1050. The van der Waals surface area contributed by atoms with E-state index in [2.05, 4.69) is 29.6 Å².